The zero-order valence-electron chi connectivity index (χ0n) is 8.95. The molecule has 1 unspecified atom stereocenters. The van der Waals surface area contributed by atoms with Crippen molar-refractivity contribution in [1.29, 1.82) is 0 Å². The van der Waals surface area contributed by atoms with Gasteiger partial charge in [0.15, 0.2) is 5.95 Å². The number of rotatable bonds is 3. The number of nitrogens with one attached hydrogen (secondary N) is 1. The van der Waals surface area contributed by atoms with Gasteiger partial charge < -0.3 is 4.57 Å². The number of halogens is 3. The number of nitrogens with zero attached hydrogens (tertiary/aromatic N) is 1. The summed E-state index contributed by atoms with van der Waals surface area (Å²) in [5, 5.41) is 0. The summed E-state index contributed by atoms with van der Waals surface area (Å²) >= 11 is 0. The lowest BCUT2D eigenvalue weighted by molar-refractivity contribution is -0.0979. The summed E-state index contributed by atoms with van der Waals surface area (Å²) in [5.41, 5.74) is 0. The fraction of sp³-hybridized carbons (Fsp3) is 0.556. The summed E-state index contributed by atoms with van der Waals surface area (Å²) < 4.78 is 65.0. The van der Waals surface area contributed by atoms with Gasteiger partial charge in [-0.1, -0.05) is 0 Å². The van der Waals surface area contributed by atoms with Gasteiger partial charge in [-0.2, -0.15) is 4.39 Å². The molecule has 1 aliphatic carbocycles. The molecule has 0 spiro atoms. The van der Waals surface area contributed by atoms with Crippen LogP contribution in [0.5, 0.6) is 0 Å². The Labute approximate surface area is 96.5 Å². The molecule has 0 aliphatic heterocycles. The Hall–Kier alpha value is -1.02. The maximum atomic E-state index is 13.0. The lowest BCUT2D eigenvalue weighted by Crippen LogP contribution is -2.54. The van der Waals surface area contributed by atoms with Gasteiger partial charge in [0.1, 0.15) is 4.90 Å². The number of hydrogen-bond donors (Lipinski definition) is 1. The fourth-order valence-electron chi connectivity index (χ4n) is 1.56. The highest BCUT2D eigenvalue weighted by molar-refractivity contribution is 7.89. The molecule has 1 aliphatic rings. The van der Waals surface area contributed by atoms with Crippen LogP contribution in [0.2, 0.25) is 0 Å². The predicted molar refractivity (Wildman–Crippen MR) is 53.7 cm³/mol. The molecule has 0 radical (unpaired) electrons. The van der Waals surface area contributed by atoms with Gasteiger partial charge in [-0.15, -0.1) is 0 Å². The maximum absolute atomic E-state index is 13.0. The van der Waals surface area contributed by atoms with Gasteiger partial charge in [0.25, 0.3) is 5.92 Å². The average Bonchev–Trinajstić information content (AvgIpc) is 2.55. The second kappa shape index (κ2) is 3.74. The molecule has 0 bridgehead atoms. The third-order valence-electron chi connectivity index (χ3n) is 2.80. The predicted octanol–water partition coefficient (Wildman–Crippen LogP) is 1.24. The topological polar surface area (TPSA) is 51.1 Å². The van der Waals surface area contributed by atoms with Crippen LogP contribution in [0.4, 0.5) is 13.2 Å². The highest BCUT2D eigenvalue weighted by Crippen LogP contribution is 2.38. The third kappa shape index (κ3) is 2.19. The van der Waals surface area contributed by atoms with E-state index in [9.17, 15) is 21.6 Å². The Kier molecular flexibility index (Phi) is 2.74. The number of aryl methyl sites for hydroxylation is 1. The monoisotopic (exact) mass is 268 g/mol. The summed E-state index contributed by atoms with van der Waals surface area (Å²) in [5.74, 6) is -3.76. The molecular weight excluding hydrogens is 257 g/mol. The van der Waals surface area contributed by atoms with Crippen LogP contribution in [-0.4, -0.2) is 24.9 Å². The summed E-state index contributed by atoms with van der Waals surface area (Å²) in [6.45, 7) is 0. The molecule has 1 aromatic heterocycles. The van der Waals surface area contributed by atoms with Crippen molar-refractivity contribution in [2.24, 2.45) is 7.05 Å². The quantitative estimate of drug-likeness (QED) is 0.896. The van der Waals surface area contributed by atoms with Gasteiger partial charge in [0.2, 0.25) is 10.0 Å². The molecule has 0 amide bonds. The summed E-state index contributed by atoms with van der Waals surface area (Å²) in [4.78, 5) is -0.347. The van der Waals surface area contributed by atoms with E-state index in [1.165, 1.54) is 7.05 Å². The van der Waals surface area contributed by atoms with E-state index in [2.05, 4.69) is 0 Å². The number of hydrogen-bond acceptors (Lipinski definition) is 2. The first-order chi connectivity index (χ1) is 7.72. The summed E-state index contributed by atoms with van der Waals surface area (Å²) in [6, 6.07) is -0.602. The SMILES string of the molecule is Cn1cc(S(=O)(=O)NC2CCC2(F)F)cc1F. The zero-order valence-corrected chi connectivity index (χ0v) is 9.77. The van der Waals surface area contributed by atoms with Crippen LogP contribution in [0.15, 0.2) is 17.2 Å². The van der Waals surface area contributed by atoms with Gasteiger partial charge in [0, 0.05) is 25.7 Å². The number of sulfonamides is 1. The van der Waals surface area contributed by atoms with Crippen molar-refractivity contribution in [3.05, 3.63) is 18.2 Å². The molecule has 0 aromatic carbocycles. The molecule has 1 N–H and O–H groups in total. The molecule has 1 saturated carbocycles. The molecule has 96 valence electrons. The van der Waals surface area contributed by atoms with Crippen LogP contribution in [0.1, 0.15) is 12.8 Å². The molecule has 1 fully saturated rings. The molecule has 1 aromatic rings. The fourth-order valence-corrected chi connectivity index (χ4v) is 2.91. The maximum Gasteiger partial charge on any atom is 0.264 e. The van der Waals surface area contributed by atoms with Crippen LogP contribution >= 0.6 is 0 Å². The van der Waals surface area contributed by atoms with Crippen molar-refractivity contribution < 1.29 is 21.6 Å². The van der Waals surface area contributed by atoms with Gasteiger partial charge in [-0.05, 0) is 6.42 Å². The Bertz CT molecular complexity index is 519. The summed E-state index contributed by atoms with van der Waals surface area (Å²) in [7, 11) is -2.76. The smallest absolute Gasteiger partial charge is 0.264 e. The third-order valence-corrected chi connectivity index (χ3v) is 4.24. The van der Waals surface area contributed by atoms with E-state index in [4.69, 9.17) is 0 Å². The zero-order chi connectivity index (χ0) is 12.8. The second-order valence-corrected chi connectivity index (χ2v) is 5.80. The van der Waals surface area contributed by atoms with Gasteiger partial charge in [0.05, 0.1) is 6.04 Å². The van der Waals surface area contributed by atoms with Crippen LogP contribution in [0.3, 0.4) is 0 Å². The van der Waals surface area contributed by atoms with E-state index >= 15 is 0 Å². The van der Waals surface area contributed by atoms with Gasteiger partial charge in [-0.3, -0.25) is 0 Å². The first-order valence-electron chi connectivity index (χ1n) is 4.94. The van der Waals surface area contributed by atoms with E-state index in [1.54, 1.807) is 0 Å². The van der Waals surface area contributed by atoms with E-state index < -0.39 is 27.9 Å². The highest BCUT2D eigenvalue weighted by atomic mass is 32.2. The Morgan fingerprint density at radius 3 is 2.53 bits per heavy atom. The van der Waals surface area contributed by atoms with Crippen molar-refractivity contribution in [3.63, 3.8) is 0 Å². The minimum atomic E-state index is -4.08. The van der Waals surface area contributed by atoms with Crippen molar-refractivity contribution in [2.75, 3.05) is 0 Å². The molecule has 2 rings (SSSR count). The molecule has 1 heterocycles. The summed E-state index contributed by atoms with van der Waals surface area (Å²) in [6.07, 6.45) is 0.791. The van der Waals surface area contributed by atoms with E-state index in [0.29, 0.717) is 0 Å². The molecule has 8 heteroatoms. The largest absolute Gasteiger partial charge is 0.327 e. The average molecular weight is 268 g/mol. The van der Waals surface area contributed by atoms with Crippen molar-refractivity contribution in [2.45, 2.75) is 29.7 Å². The van der Waals surface area contributed by atoms with Crippen LogP contribution in [-0.2, 0) is 17.1 Å². The lowest BCUT2D eigenvalue weighted by Gasteiger charge is -2.36. The van der Waals surface area contributed by atoms with Crippen molar-refractivity contribution in [1.82, 2.24) is 9.29 Å². The van der Waals surface area contributed by atoms with Gasteiger partial charge >= 0.3 is 0 Å². The molecular formula is C9H11F3N2O2S. The normalized spacial score (nSPS) is 23.4. The van der Waals surface area contributed by atoms with Crippen LogP contribution in [0, 0.1) is 5.95 Å². The lowest BCUT2D eigenvalue weighted by atomic mass is 9.89. The van der Waals surface area contributed by atoms with Crippen LogP contribution in [0.25, 0.3) is 0 Å². The minimum Gasteiger partial charge on any atom is -0.327 e. The van der Waals surface area contributed by atoms with Gasteiger partial charge in [-0.25, -0.2) is 21.9 Å². The van der Waals surface area contributed by atoms with E-state index in [-0.39, 0.29) is 17.7 Å². The molecule has 17 heavy (non-hydrogen) atoms. The van der Waals surface area contributed by atoms with Crippen LogP contribution < -0.4 is 4.72 Å². The molecule has 1 atom stereocenters. The van der Waals surface area contributed by atoms with Crippen molar-refractivity contribution in [3.8, 4) is 0 Å². The first-order valence-corrected chi connectivity index (χ1v) is 6.43. The molecule has 0 saturated heterocycles. The minimum absolute atomic E-state index is 0.0849. The van der Waals surface area contributed by atoms with Crippen molar-refractivity contribution >= 4 is 10.0 Å². The Morgan fingerprint density at radius 2 is 2.18 bits per heavy atom. The molecule has 4 nitrogen and oxygen atoms in total. The number of alkyl halides is 2. The Morgan fingerprint density at radius 1 is 1.53 bits per heavy atom. The first kappa shape index (κ1) is 12.4. The van der Waals surface area contributed by atoms with E-state index in [0.717, 1.165) is 16.8 Å². The Balaban J connectivity index is 2.20. The highest BCUT2D eigenvalue weighted by Gasteiger charge is 2.50. The second-order valence-electron chi connectivity index (χ2n) is 4.08. The number of aromatic nitrogens is 1. The standard InChI is InChI=1S/C9H11F3N2O2S/c1-14-5-6(4-8(14)10)17(15,16)13-7-2-3-9(7,11)12/h4-5,7,13H,2-3H2,1H3. The van der Waals surface area contributed by atoms with E-state index in [1.807, 2.05) is 4.72 Å².